The highest BCUT2D eigenvalue weighted by molar-refractivity contribution is 6.00. The van der Waals surface area contributed by atoms with E-state index >= 15 is 0 Å². The molecular formula is C24H29N7O2. The molecule has 4 heterocycles. The van der Waals surface area contributed by atoms with Crippen molar-refractivity contribution in [2.24, 2.45) is 7.05 Å². The molecule has 2 aliphatic heterocycles. The number of fused-ring (bicyclic) bond motifs is 1. The van der Waals surface area contributed by atoms with Gasteiger partial charge in [0.25, 0.3) is 5.91 Å². The Labute approximate surface area is 193 Å². The third-order valence-corrected chi connectivity index (χ3v) is 6.73. The molecule has 2 aliphatic rings. The Morgan fingerprint density at radius 1 is 1.21 bits per heavy atom. The van der Waals surface area contributed by atoms with Crippen molar-refractivity contribution in [3.63, 3.8) is 0 Å². The third-order valence-electron chi connectivity index (χ3n) is 6.73. The summed E-state index contributed by atoms with van der Waals surface area (Å²) in [7, 11) is 3.66. The van der Waals surface area contributed by atoms with Gasteiger partial charge in [0.15, 0.2) is 0 Å². The van der Waals surface area contributed by atoms with Crippen molar-refractivity contribution in [1.82, 2.24) is 29.8 Å². The summed E-state index contributed by atoms with van der Waals surface area (Å²) < 4.78 is 1.65. The van der Waals surface area contributed by atoms with Crippen molar-refractivity contribution in [3.05, 3.63) is 53.5 Å². The van der Waals surface area contributed by atoms with E-state index < -0.39 is 0 Å². The molecular weight excluding hydrogens is 418 g/mol. The zero-order valence-electron chi connectivity index (χ0n) is 19.3. The van der Waals surface area contributed by atoms with E-state index in [0.717, 1.165) is 48.6 Å². The molecule has 0 unspecified atom stereocenters. The summed E-state index contributed by atoms with van der Waals surface area (Å²) in [6.45, 7) is 5.05. The molecule has 1 saturated heterocycles. The van der Waals surface area contributed by atoms with E-state index in [1.165, 1.54) is 5.56 Å². The second-order valence-electron chi connectivity index (χ2n) is 9.01. The summed E-state index contributed by atoms with van der Waals surface area (Å²) in [6, 6.07) is 6.27. The maximum Gasteiger partial charge on any atom is 0.257 e. The Balaban J connectivity index is 1.33. The molecule has 5 rings (SSSR count). The van der Waals surface area contributed by atoms with Crippen LogP contribution in [0.4, 0.5) is 5.69 Å². The number of aromatic nitrogens is 4. The number of aryl methyl sites for hydroxylation is 2. The summed E-state index contributed by atoms with van der Waals surface area (Å²) in [6.07, 6.45) is 6.64. The Hall–Kier alpha value is -3.46. The van der Waals surface area contributed by atoms with Crippen LogP contribution in [0.25, 0.3) is 11.3 Å². The van der Waals surface area contributed by atoms with Crippen LogP contribution in [0.5, 0.6) is 0 Å². The molecule has 0 aliphatic carbocycles. The van der Waals surface area contributed by atoms with E-state index in [0.29, 0.717) is 18.5 Å². The topological polar surface area (TPSA) is 90.4 Å². The van der Waals surface area contributed by atoms with Crippen molar-refractivity contribution in [1.29, 1.82) is 0 Å². The van der Waals surface area contributed by atoms with Gasteiger partial charge in [0.05, 0.1) is 23.1 Å². The van der Waals surface area contributed by atoms with Crippen LogP contribution >= 0.6 is 0 Å². The average molecular weight is 448 g/mol. The first-order valence-electron chi connectivity index (χ1n) is 11.4. The van der Waals surface area contributed by atoms with Crippen LogP contribution in [0.3, 0.4) is 0 Å². The summed E-state index contributed by atoms with van der Waals surface area (Å²) in [5.41, 5.74) is 5.73. The minimum absolute atomic E-state index is 0.0304. The Bertz CT molecular complexity index is 1200. The smallest absolute Gasteiger partial charge is 0.257 e. The fourth-order valence-electron chi connectivity index (χ4n) is 5.00. The number of amides is 2. The maximum atomic E-state index is 12.9. The van der Waals surface area contributed by atoms with E-state index in [2.05, 4.69) is 33.2 Å². The van der Waals surface area contributed by atoms with Crippen molar-refractivity contribution in [3.8, 4) is 11.3 Å². The molecule has 0 bridgehead atoms. The predicted molar refractivity (Wildman–Crippen MR) is 125 cm³/mol. The van der Waals surface area contributed by atoms with Crippen LogP contribution < -0.4 is 4.90 Å². The third kappa shape index (κ3) is 3.93. The lowest BCUT2D eigenvalue weighted by Crippen LogP contribution is -2.53. The van der Waals surface area contributed by atoms with Gasteiger partial charge in [-0.05, 0) is 18.9 Å². The van der Waals surface area contributed by atoms with Crippen LogP contribution in [-0.4, -0.2) is 74.3 Å². The van der Waals surface area contributed by atoms with Gasteiger partial charge in [0, 0.05) is 76.3 Å². The predicted octanol–water partition coefficient (Wildman–Crippen LogP) is 2.07. The number of hydrogen-bond acceptors (Lipinski definition) is 5. The standard InChI is InChI=1S/C24H29N7O2/c1-16-13-30(9-10-31(16)24(33)19-12-26-28(2)14-19)15-18-11-25-27-22(18)20-6-4-5-17-7-8-21(32)29(3)23(17)20/h4-6,11-12,14,16H,7-10,13,15H2,1-3H3,(H,25,27)/t16-/m1/s1. The molecule has 2 amide bonds. The molecule has 2 aromatic heterocycles. The highest BCUT2D eigenvalue weighted by atomic mass is 16.2. The van der Waals surface area contributed by atoms with Crippen LogP contribution in [0.1, 0.15) is 34.8 Å². The van der Waals surface area contributed by atoms with E-state index in [4.69, 9.17) is 0 Å². The normalized spacial score (nSPS) is 19.1. The fraction of sp³-hybridized carbons (Fsp3) is 0.417. The molecule has 1 atom stereocenters. The molecule has 33 heavy (non-hydrogen) atoms. The molecule has 9 heteroatoms. The zero-order valence-corrected chi connectivity index (χ0v) is 19.3. The van der Waals surface area contributed by atoms with Gasteiger partial charge in [0.1, 0.15) is 0 Å². The van der Waals surface area contributed by atoms with Crippen LogP contribution in [-0.2, 0) is 24.8 Å². The number of carbonyl (C=O) groups is 2. The summed E-state index contributed by atoms with van der Waals surface area (Å²) in [4.78, 5) is 31.3. The molecule has 3 aromatic rings. The molecule has 1 N–H and O–H groups in total. The molecule has 0 spiro atoms. The van der Waals surface area contributed by atoms with E-state index in [-0.39, 0.29) is 17.9 Å². The number of nitrogens with one attached hydrogen (secondary N) is 1. The Kier molecular flexibility index (Phi) is 5.49. The lowest BCUT2D eigenvalue weighted by molar-refractivity contribution is -0.118. The van der Waals surface area contributed by atoms with Crippen molar-refractivity contribution >= 4 is 17.5 Å². The van der Waals surface area contributed by atoms with Crippen LogP contribution in [0.2, 0.25) is 0 Å². The number of benzene rings is 1. The average Bonchev–Trinajstić information content (AvgIpc) is 3.44. The fourth-order valence-corrected chi connectivity index (χ4v) is 5.00. The van der Waals surface area contributed by atoms with Gasteiger partial charge in [-0.25, -0.2) is 0 Å². The zero-order chi connectivity index (χ0) is 23.1. The van der Waals surface area contributed by atoms with Crippen molar-refractivity contribution in [2.45, 2.75) is 32.4 Å². The van der Waals surface area contributed by atoms with Gasteiger partial charge in [-0.1, -0.05) is 18.2 Å². The Morgan fingerprint density at radius 3 is 2.82 bits per heavy atom. The first-order chi connectivity index (χ1) is 15.9. The number of carbonyl (C=O) groups excluding carboxylic acids is 2. The molecule has 172 valence electrons. The van der Waals surface area contributed by atoms with E-state index in [1.54, 1.807) is 22.0 Å². The number of anilines is 1. The minimum Gasteiger partial charge on any atom is -0.333 e. The summed E-state index contributed by atoms with van der Waals surface area (Å²) in [5, 5.41) is 11.7. The van der Waals surface area contributed by atoms with Crippen LogP contribution in [0, 0.1) is 0 Å². The lowest BCUT2D eigenvalue weighted by Gasteiger charge is -2.39. The quantitative estimate of drug-likeness (QED) is 0.661. The van der Waals surface area contributed by atoms with E-state index in [9.17, 15) is 9.59 Å². The lowest BCUT2D eigenvalue weighted by atomic mass is 9.95. The van der Waals surface area contributed by atoms with Gasteiger partial charge < -0.3 is 9.80 Å². The summed E-state index contributed by atoms with van der Waals surface area (Å²) >= 11 is 0. The Morgan fingerprint density at radius 2 is 2.06 bits per heavy atom. The highest BCUT2D eigenvalue weighted by Gasteiger charge is 2.30. The molecule has 1 aromatic carbocycles. The molecule has 0 saturated carbocycles. The van der Waals surface area contributed by atoms with Crippen molar-refractivity contribution < 1.29 is 9.59 Å². The number of hydrogen-bond donors (Lipinski definition) is 1. The van der Waals surface area contributed by atoms with Gasteiger partial charge >= 0.3 is 0 Å². The van der Waals surface area contributed by atoms with E-state index in [1.807, 2.05) is 37.3 Å². The molecule has 9 nitrogen and oxygen atoms in total. The molecule has 0 radical (unpaired) electrons. The number of para-hydroxylation sites is 1. The number of H-pyrrole nitrogens is 1. The molecule has 1 fully saturated rings. The first kappa shape index (κ1) is 21.4. The van der Waals surface area contributed by atoms with Gasteiger partial charge in [0.2, 0.25) is 5.91 Å². The van der Waals surface area contributed by atoms with Gasteiger partial charge in [-0.15, -0.1) is 0 Å². The number of aromatic amines is 1. The number of rotatable bonds is 4. The monoisotopic (exact) mass is 447 g/mol. The number of piperazine rings is 1. The second-order valence-corrected chi connectivity index (χ2v) is 9.01. The highest BCUT2D eigenvalue weighted by Crippen LogP contribution is 2.37. The maximum absolute atomic E-state index is 12.9. The summed E-state index contributed by atoms with van der Waals surface area (Å²) in [5.74, 6) is 0.165. The second kappa shape index (κ2) is 8.47. The SMILES string of the molecule is C[C@@H]1CN(Cc2c[nH]nc2-c2cccc3c2N(C)C(=O)CC3)CCN1C(=O)c1cnn(C)c1. The number of nitrogens with zero attached hydrogens (tertiary/aromatic N) is 6. The first-order valence-corrected chi connectivity index (χ1v) is 11.4. The minimum atomic E-state index is 0.0304. The van der Waals surface area contributed by atoms with Gasteiger partial charge in [-0.2, -0.15) is 10.2 Å². The van der Waals surface area contributed by atoms with Crippen LogP contribution in [0.15, 0.2) is 36.8 Å². The van der Waals surface area contributed by atoms with Gasteiger partial charge in [-0.3, -0.25) is 24.3 Å². The van der Waals surface area contributed by atoms with Crippen molar-refractivity contribution in [2.75, 3.05) is 31.6 Å². The largest absolute Gasteiger partial charge is 0.333 e.